The van der Waals surface area contributed by atoms with E-state index in [0.29, 0.717) is 17.0 Å². The van der Waals surface area contributed by atoms with Gasteiger partial charge in [0.25, 0.3) is 0 Å². The lowest BCUT2D eigenvalue weighted by atomic mass is 10.0. The summed E-state index contributed by atoms with van der Waals surface area (Å²) in [6.07, 6.45) is -0.0521. The third-order valence-electron chi connectivity index (χ3n) is 2.16. The van der Waals surface area contributed by atoms with Crippen LogP contribution >= 0.6 is 11.6 Å². The minimum atomic E-state index is -0.813. The topological polar surface area (TPSA) is 40.5 Å². The molecule has 0 aliphatic rings. The van der Waals surface area contributed by atoms with Gasteiger partial charge < -0.3 is 10.2 Å². The Balaban J connectivity index is 2.68. The second-order valence-electron chi connectivity index (χ2n) is 3.35. The summed E-state index contributed by atoms with van der Waals surface area (Å²) in [6.45, 7) is 1.97. The molecule has 0 saturated heterocycles. The van der Waals surface area contributed by atoms with E-state index in [9.17, 15) is 10.2 Å². The van der Waals surface area contributed by atoms with Gasteiger partial charge in [0.05, 0.1) is 6.10 Å². The fourth-order valence-corrected chi connectivity index (χ4v) is 1.46. The van der Waals surface area contributed by atoms with Crippen molar-refractivity contribution >= 4 is 11.6 Å². The summed E-state index contributed by atoms with van der Waals surface area (Å²) in [5.74, 6) is 0. The SMILES string of the molecule is CCCC(O)C(O)c1ccc(Cl)cc1. The first-order valence-corrected chi connectivity index (χ1v) is 5.14. The van der Waals surface area contributed by atoms with Crippen molar-refractivity contribution in [3.63, 3.8) is 0 Å². The number of rotatable bonds is 4. The second-order valence-corrected chi connectivity index (χ2v) is 3.79. The molecule has 0 aliphatic carbocycles. The summed E-state index contributed by atoms with van der Waals surface area (Å²) in [7, 11) is 0. The first kappa shape index (κ1) is 11.5. The lowest BCUT2D eigenvalue weighted by molar-refractivity contribution is 0.0131. The average molecular weight is 215 g/mol. The summed E-state index contributed by atoms with van der Waals surface area (Å²) < 4.78 is 0. The Hall–Kier alpha value is -0.570. The molecular formula is C11H15ClO2. The van der Waals surface area contributed by atoms with E-state index in [1.807, 2.05) is 6.92 Å². The highest BCUT2D eigenvalue weighted by molar-refractivity contribution is 6.30. The fourth-order valence-electron chi connectivity index (χ4n) is 1.34. The van der Waals surface area contributed by atoms with Crippen LogP contribution in [-0.2, 0) is 0 Å². The standard InChI is InChI=1S/C11H15ClO2/c1-2-3-10(13)11(14)8-4-6-9(12)7-5-8/h4-7,10-11,13-14H,2-3H2,1H3. The maximum atomic E-state index is 9.72. The van der Waals surface area contributed by atoms with Crippen LogP contribution in [0, 0.1) is 0 Å². The summed E-state index contributed by atoms with van der Waals surface area (Å²) in [5, 5.41) is 19.9. The molecule has 78 valence electrons. The number of benzene rings is 1. The molecule has 0 radical (unpaired) electrons. The molecule has 0 aromatic heterocycles. The Kier molecular flexibility index (Phi) is 4.39. The highest BCUT2D eigenvalue weighted by Gasteiger charge is 2.16. The average Bonchev–Trinajstić information content (AvgIpc) is 2.18. The Morgan fingerprint density at radius 1 is 1.21 bits per heavy atom. The first-order valence-electron chi connectivity index (χ1n) is 4.76. The van der Waals surface area contributed by atoms with Gasteiger partial charge >= 0.3 is 0 Å². The van der Waals surface area contributed by atoms with Gasteiger partial charge in [-0.2, -0.15) is 0 Å². The molecule has 1 rings (SSSR count). The van der Waals surface area contributed by atoms with Crippen LogP contribution in [0.4, 0.5) is 0 Å². The van der Waals surface area contributed by atoms with Gasteiger partial charge in [-0.1, -0.05) is 37.1 Å². The van der Waals surface area contributed by atoms with Crippen molar-refractivity contribution in [2.75, 3.05) is 0 Å². The molecule has 1 aromatic carbocycles. The predicted molar refractivity (Wildman–Crippen MR) is 57.3 cm³/mol. The van der Waals surface area contributed by atoms with E-state index < -0.39 is 12.2 Å². The third-order valence-corrected chi connectivity index (χ3v) is 2.41. The summed E-state index contributed by atoms with van der Waals surface area (Å²) in [5.41, 5.74) is 0.704. The van der Waals surface area contributed by atoms with Crippen molar-refractivity contribution in [1.29, 1.82) is 0 Å². The molecule has 2 atom stereocenters. The molecule has 0 spiro atoms. The quantitative estimate of drug-likeness (QED) is 0.809. The summed E-state index contributed by atoms with van der Waals surface area (Å²) in [4.78, 5) is 0. The Labute approximate surface area is 89.1 Å². The highest BCUT2D eigenvalue weighted by Crippen LogP contribution is 2.21. The second kappa shape index (κ2) is 5.35. The van der Waals surface area contributed by atoms with Crippen LogP contribution in [0.3, 0.4) is 0 Å². The molecule has 1 aromatic rings. The van der Waals surface area contributed by atoms with Crippen LogP contribution in [0.15, 0.2) is 24.3 Å². The lowest BCUT2D eigenvalue weighted by Crippen LogP contribution is -2.17. The molecule has 2 nitrogen and oxygen atoms in total. The van der Waals surface area contributed by atoms with Crippen molar-refractivity contribution in [3.8, 4) is 0 Å². The normalized spacial score (nSPS) is 15.1. The van der Waals surface area contributed by atoms with Gasteiger partial charge in [0.1, 0.15) is 6.10 Å². The number of aliphatic hydroxyl groups is 2. The van der Waals surface area contributed by atoms with Crippen LogP contribution < -0.4 is 0 Å². The Morgan fingerprint density at radius 2 is 1.79 bits per heavy atom. The van der Waals surface area contributed by atoms with E-state index in [1.54, 1.807) is 24.3 Å². The first-order chi connectivity index (χ1) is 6.65. The van der Waals surface area contributed by atoms with Crippen LogP contribution in [0.1, 0.15) is 31.4 Å². The lowest BCUT2D eigenvalue weighted by Gasteiger charge is -2.17. The molecule has 3 heteroatoms. The minimum Gasteiger partial charge on any atom is -0.390 e. The highest BCUT2D eigenvalue weighted by atomic mass is 35.5. The van der Waals surface area contributed by atoms with E-state index >= 15 is 0 Å². The Morgan fingerprint density at radius 3 is 2.29 bits per heavy atom. The summed E-state index contributed by atoms with van der Waals surface area (Å²) >= 11 is 5.71. The molecule has 0 saturated carbocycles. The van der Waals surface area contributed by atoms with Gasteiger partial charge in [-0.05, 0) is 24.1 Å². The zero-order valence-corrected chi connectivity index (χ0v) is 8.91. The number of hydrogen-bond acceptors (Lipinski definition) is 2. The molecular weight excluding hydrogens is 200 g/mol. The Bertz CT molecular complexity index is 271. The summed E-state index contributed by atoms with van der Waals surface area (Å²) in [6, 6.07) is 6.87. The maximum Gasteiger partial charge on any atom is 0.105 e. The maximum absolute atomic E-state index is 9.72. The van der Waals surface area contributed by atoms with Gasteiger partial charge in [-0.3, -0.25) is 0 Å². The van der Waals surface area contributed by atoms with Gasteiger partial charge in [-0.15, -0.1) is 0 Å². The molecule has 2 N–H and O–H groups in total. The van der Waals surface area contributed by atoms with Gasteiger partial charge in [0.2, 0.25) is 0 Å². The number of halogens is 1. The smallest absolute Gasteiger partial charge is 0.105 e. The van der Waals surface area contributed by atoms with Crippen LogP contribution in [-0.4, -0.2) is 16.3 Å². The van der Waals surface area contributed by atoms with E-state index in [2.05, 4.69) is 0 Å². The van der Waals surface area contributed by atoms with Crippen molar-refractivity contribution in [2.45, 2.75) is 32.0 Å². The molecule has 0 heterocycles. The van der Waals surface area contributed by atoms with Gasteiger partial charge in [0.15, 0.2) is 0 Å². The van der Waals surface area contributed by atoms with Crippen molar-refractivity contribution in [2.24, 2.45) is 0 Å². The van der Waals surface area contributed by atoms with E-state index in [0.717, 1.165) is 6.42 Å². The molecule has 14 heavy (non-hydrogen) atoms. The van der Waals surface area contributed by atoms with Crippen LogP contribution in [0.5, 0.6) is 0 Å². The molecule has 0 bridgehead atoms. The van der Waals surface area contributed by atoms with Crippen LogP contribution in [0.2, 0.25) is 5.02 Å². The van der Waals surface area contributed by atoms with Crippen molar-refractivity contribution < 1.29 is 10.2 Å². The van der Waals surface area contributed by atoms with Crippen molar-refractivity contribution in [3.05, 3.63) is 34.9 Å². The molecule has 0 amide bonds. The van der Waals surface area contributed by atoms with E-state index in [1.165, 1.54) is 0 Å². The zero-order chi connectivity index (χ0) is 10.6. The minimum absolute atomic E-state index is 0.601. The number of aliphatic hydroxyl groups excluding tert-OH is 2. The fraction of sp³-hybridized carbons (Fsp3) is 0.455. The third kappa shape index (κ3) is 2.98. The largest absolute Gasteiger partial charge is 0.390 e. The number of hydrogen-bond donors (Lipinski definition) is 2. The van der Waals surface area contributed by atoms with Crippen LogP contribution in [0.25, 0.3) is 0 Å². The van der Waals surface area contributed by atoms with Gasteiger partial charge in [0, 0.05) is 5.02 Å². The van der Waals surface area contributed by atoms with Gasteiger partial charge in [-0.25, -0.2) is 0 Å². The monoisotopic (exact) mass is 214 g/mol. The molecule has 0 aliphatic heterocycles. The van der Waals surface area contributed by atoms with E-state index in [-0.39, 0.29) is 0 Å². The predicted octanol–water partition coefficient (Wildman–Crippen LogP) is 2.53. The molecule has 0 fully saturated rings. The molecule has 2 unspecified atom stereocenters. The van der Waals surface area contributed by atoms with Crippen molar-refractivity contribution in [1.82, 2.24) is 0 Å². The van der Waals surface area contributed by atoms with E-state index in [4.69, 9.17) is 11.6 Å². The zero-order valence-electron chi connectivity index (χ0n) is 8.15.